The molecule has 3 N–H and O–H groups in total. The number of nitrogens with zero attached hydrogens (tertiary/aromatic N) is 1. The largest absolute Gasteiger partial charge is 0.370 e. The number of nitrogens with one attached hydrogen (secondary N) is 3. The zero-order valence-electron chi connectivity index (χ0n) is 13.7. The minimum Gasteiger partial charge on any atom is -0.370 e. The number of carbonyl (C=O) groups excluding carboxylic acids is 1. The third-order valence-electron chi connectivity index (χ3n) is 3.23. The highest BCUT2D eigenvalue weighted by Crippen LogP contribution is 2.10. The van der Waals surface area contributed by atoms with Gasteiger partial charge in [-0.15, -0.1) is 0 Å². The van der Waals surface area contributed by atoms with Crippen molar-refractivity contribution in [2.75, 3.05) is 17.2 Å². The van der Waals surface area contributed by atoms with Gasteiger partial charge in [-0.2, -0.15) is 0 Å². The molecule has 0 spiro atoms. The Balaban J connectivity index is 1.71. The zero-order chi connectivity index (χ0) is 16.5. The Morgan fingerprint density at radius 1 is 1.13 bits per heavy atom. The summed E-state index contributed by atoms with van der Waals surface area (Å²) in [6, 6.07) is 14.0. The van der Waals surface area contributed by atoms with E-state index in [2.05, 4.69) is 45.2 Å². The molecule has 122 valence electrons. The maximum atomic E-state index is 11.6. The lowest BCUT2D eigenvalue weighted by Gasteiger charge is -2.10. The minimum atomic E-state index is -0.217. The van der Waals surface area contributed by atoms with Crippen molar-refractivity contribution in [3.05, 3.63) is 54.2 Å². The van der Waals surface area contributed by atoms with Crippen LogP contribution >= 0.6 is 0 Å². The third kappa shape index (κ3) is 6.38. The number of pyridine rings is 1. The lowest BCUT2D eigenvalue weighted by atomic mass is 10.1. The Hall–Kier alpha value is -2.56. The van der Waals surface area contributed by atoms with Crippen LogP contribution in [0.2, 0.25) is 0 Å². The van der Waals surface area contributed by atoms with Crippen LogP contribution in [-0.4, -0.2) is 23.6 Å². The van der Waals surface area contributed by atoms with Crippen molar-refractivity contribution >= 4 is 17.5 Å². The van der Waals surface area contributed by atoms with E-state index >= 15 is 0 Å². The molecular formula is C18H24N4O. The summed E-state index contributed by atoms with van der Waals surface area (Å²) in [6.45, 7) is 4.70. The first-order valence-corrected chi connectivity index (χ1v) is 7.95. The number of aryl methyl sites for hydroxylation is 1. The van der Waals surface area contributed by atoms with E-state index in [1.807, 2.05) is 32.0 Å². The lowest BCUT2D eigenvalue weighted by molar-refractivity contribution is 0.250. The van der Waals surface area contributed by atoms with E-state index < -0.39 is 0 Å². The summed E-state index contributed by atoms with van der Waals surface area (Å²) in [7, 11) is 0. The molecule has 0 saturated carbocycles. The van der Waals surface area contributed by atoms with E-state index in [9.17, 15) is 4.79 Å². The van der Waals surface area contributed by atoms with Gasteiger partial charge in [-0.25, -0.2) is 9.78 Å². The number of hydrogen-bond acceptors (Lipinski definition) is 3. The Morgan fingerprint density at radius 2 is 1.91 bits per heavy atom. The summed E-state index contributed by atoms with van der Waals surface area (Å²) in [5, 5.41) is 8.81. The molecule has 0 unspecified atom stereocenters. The molecule has 2 amide bonds. The van der Waals surface area contributed by atoms with Crippen LogP contribution in [0.25, 0.3) is 0 Å². The molecule has 2 rings (SSSR count). The molecule has 0 aliphatic rings. The molecule has 0 aliphatic heterocycles. The highest BCUT2D eigenvalue weighted by atomic mass is 16.2. The Labute approximate surface area is 137 Å². The summed E-state index contributed by atoms with van der Waals surface area (Å²) in [5.74, 6) is 0.813. The minimum absolute atomic E-state index is 0.105. The van der Waals surface area contributed by atoms with Crippen LogP contribution in [0.1, 0.15) is 25.8 Å². The van der Waals surface area contributed by atoms with E-state index in [1.165, 1.54) is 5.56 Å². The number of benzene rings is 1. The molecule has 2 aromatic rings. The monoisotopic (exact) mass is 312 g/mol. The molecule has 0 bridgehead atoms. The predicted molar refractivity (Wildman–Crippen MR) is 94.8 cm³/mol. The zero-order valence-corrected chi connectivity index (χ0v) is 13.7. The van der Waals surface area contributed by atoms with E-state index in [0.29, 0.717) is 5.69 Å². The summed E-state index contributed by atoms with van der Waals surface area (Å²) < 4.78 is 0. The first-order valence-electron chi connectivity index (χ1n) is 7.95. The van der Waals surface area contributed by atoms with Crippen molar-refractivity contribution in [2.24, 2.45) is 0 Å². The summed E-state index contributed by atoms with van der Waals surface area (Å²) in [6.07, 6.45) is 3.74. The van der Waals surface area contributed by atoms with Gasteiger partial charge in [-0.3, -0.25) is 0 Å². The molecule has 1 heterocycles. The third-order valence-corrected chi connectivity index (χ3v) is 3.23. The number of rotatable bonds is 7. The number of aromatic nitrogens is 1. The lowest BCUT2D eigenvalue weighted by Crippen LogP contribution is -2.34. The predicted octanol–water partition coefficient (Wildman–Crippen LogP) is 3.66. The molecule has 5 nitrogen and oxygen atoms in total. The quantitative estimate of drug-likeness (QED) is 0.684. The number of amides is 2. The second-order valence-electron chi connectivity index (χ2n) is 5.70. The fourth-order valence-electron chi connectivity index (χ4n) is 2.16. The topological polar surface area (TPSA) is 66.1 Å². The van der Waals surface area contributed by atoms with Gasteiger partial charge in [-0.05, 0) is 44.4 Å². The first kappa shape index (κ1) is 16.8. The van der Waals surface area contributed by atoms with E-state index in [-0.39, 0.29) is 12.1 Å². The highest BCUT2D eigenvalue weighted by molar-refractivity contribution is 5.89. The number of anilines is 2. The fourth-order valence-corrected chi connectivity index (χ4v) is 2.16. The molecule has 0 radical (unpaired) electrons. The van der Waals surface area contributed by atoms with Gasteiger partial charge < -0.3 is 16.0 Å². The molecular weight excluding hydrogens is 288 g/mol. The highest BCUT2D eigenvalue weighted by Gasteiger charge is 2.03. The van der Waals surface area contributed by atoms with Crippen molar-refractivity contribution in [1.82, 2.24) is 10.3 Å². The first-order chi connectivity index (χ1) is 11.1. The molecule has 1 aromatic carbocycles. The maximum Gasteiger partial charge on any atom is 0.319 e. The maximum absolute atomic E-state index is 11.6. The molecule has 1 aromatic heterocycles. The van der Waals surface area contributed by atoms with Gasteiger partial charge in [0, 0.05) is 12.6 Å². The van der Waals surface area contributed by atoms with Crippen LogP contribution in [0, 0.1) is 0 Å². The second kappa shape index (κ2) is 8.78. The summed E-state index contributed by atoms with van der Waals surface area (Å²) in [4.78, 5) is 15.9. The van der Waals surface area contributed by atoms with E-state index in [4.69, 9.17) is 0 Å². The molecule has 0 atom stereocenters. The van der Waals surface area contributed by atoms with Gasteiger partial charge in [0.25, 0.3) is 0 Å². The van der Waals surface area contributed by atoms with Crippen molar-refractivity contribution in [3.63, 3.8) is 0 Å². The molecule has 0 saturated heterocycles. The molecule has 0 aliphatic carbocycles. The van der Waals surface area contributed by atoms with Crippen LogP contribution in [0.4, 0.5) is 16.3 Å². The van der Waals surface area contributed by atoms with Gasteiger partial charge in [0.05, 0.1) is 11.9 Å². The van der Waals surface area contributed by atoms with E-state index in [0.717, 1.165) is 25.2 Å². The van der Waals surface area contributed by atoms with Crippen LogP contribution in [0.5, 0.6) is 0 Å². The van der Waals surface area contributed by atoms with Gasteiger partial charge in [0.2, 0.25) is 0 Å². The van der Waals surface area contributed by atoms with Gasteiger partial charge in [0.1, 0.15) is 5.82 Å². The van der Waals surface area contributed by atoms with Crippen molar-refractivity contribution in [3.8, 4) is 0 Å². The van der Waals surface area contributed by atoms with Crippen LogP contribution in [0.3, 0.4) is 0 Å². The van der Waals surface area contributed by atoms with Gasteiger partial charge in [0.15, 0.2) is 0 Å². The van der Waals surface area contributed by atoms with Crippen molar-refractivity contribution < 1.29 is 4.79 Å². The van der Waals surface area contributed by atoms with Crippen LogP contribution in [0.15, 0.2) is 48.7 Å². The molecule has 5 heteroatoms. The van der Waals surface area contributed by atoms with Crippen molar-refractivity contribution in [1.29, 1.82) is 0 Å². The molecule has 0 fully saturated rings. The second-order valence-corrected chi connectivity index (χ2v) is 5.70. The van der Waals surface area contributed by atoms with Crippen LogP contribution in [-0.2, 0) is 6.42 Å². The normalized spacial score (nSPS) is 10.4. The standard InChI is InChI=1S/C18H24N4O/c1-14(2)21-18(23)22-16-10-11-17(20-13-16)19-12-6-9-15-7-4-3-5-8-15/h3-5,7-8,10-11,13-14H,6,9,12H2,1-2H3,(H,19,20)(H2,21,22,23). The fraction of sp³-hybridized carbons (Fsp3) is 0.333. The summed E-state index contributed by atoms with van der Waals surface area (Å²) >= 11 is 0. The van der Waals surface area contributed by atoms with Gasteiger partial charge in [-0.1, -0.05) is 30.3 Å². The average Bonchev–Trinajstić information content (AvgIpc) is 2.53. The molecule has 23 heavy (non-hydrogen) atoms. The Morgan fingerprint density at radius 3 is 2.57 bits per heavy atom. The van der Waals surface area contributed by atoms with E-state index in [1.54, 1.807) is 6.20 Å². The Kier molecular flexibility index (Phi) is 6.41. The number of carbonyl (C=O) groups is 1. The average molecular weight is 312 g/mol. The van der Waals surface area contributed by atoms with Gasteiger partial charge >= 0.3 is 6.03 Å². The van der Waals surface area contributed by atoms with Crippen LogP contribution < -0.4 is 16.0 Å². The number of hydrogen-bond donors (Lipinski definition) is 3. The van der Waals surface area contributed by atoms with Crippen molar-refractivity contribution in [2.45, 2.75) is 32.7 Å². The summed E-state index contributed by atoms with van der Waals surface area (Å²) in [5.41, 5.74) is 2.02. The smallest absolute Gasteiger partial charge is 0.319 e. The SMILES string of the molecule is CC(C)NC(=O)Nc1ccc(NCCCc2ccccc2)nc1. The number of urea groups is 1. The Bertz CT molecular complexity index is 596.